The molecular formula is C108H138N14O13. The quantitative estimate of drug-likeness (QED) is 0.0180. The number of piperidine rings is 4. The molecule has 9 aliphatic rings. The molecule has 0 spiro atoms. The lowest BCUT2D eigenvalue weighted by Gasteiger charge is -2.33. The van der Waals surface area contributed by atoms with E-state index in [1.807, 2.05) is 172 Å². The van der Waals surface area contributed by atoms with Crippen molar-refractivity contribution in [3.63, 3.8) is 0 Å². The summed E-state index contributed by atoms with van der Waals surface area (Å²) in [6.45, 7) is 37.5. The van der Waals surface area contributed by atoms with Crippen molar-refractivity contribution in [2.24, 2.45) is 0 Å². The van der Waals surface area contributed by atoms with E-state index < -0.39 is 0 Å². The van der Waals surface area contributed by atoms with Crippen LogP contribution in [0, 0.1) is 6.92 Å². The Morgan fingerprint density at radius 1 is 0.400 bits per heavy atom. The SMILES string of the molecule is C.C=C1CCC(N(C)Cc2ccc3c(c2)OCO3)C(=O)C1.C=C1CCC(N(CC)Cc2ccccc2)C(=O)C1.C=C1CCC(NCCc2ccccn2)C(=O)N1.C=C1CCC(NCc2ccc(C)o2)C(=O)N1.C=C1CCC(NCc2ccccc2)C(=O)C1.C=C1CCC(NCc2ccccn2)C(=O)N1.C=C1CCC(NCc2ccco2)C(=O)N1.CN(Cc1ccccc1)C1CC(=O)CC1=O. The van der Waals surface area contributed by atoms with Gasteiger partial charge in [-0.05, 0) is 200 Å². The fourth-order valence-electron chi connectivity index (χ4n) is 16.5. The van der Waals surface area contributed by atoms with Crippen molar-refractivity contribution in [1.82, 2.24) is 72.5 Å². The highest BCUT2D eigenvalue weighted by atomic mass is 16.7. The number of Topliss-reactive ketones (excluding diaryl/α,β-unsaturated/α-hetero) is 5. The molecule has 8 atom stereocenters. The van der Waals surface area contributed by atoms with Crippen molar-refractivity contribution in [1.29, 1.82) is 0 Å². The number of carbonyl (C=O) groups is 9. The van der Waals surface area contributed by atoms with Gasteiger partial charge in [0.2, 0.25) is 30.4 Å². The molecular weight excluding hydrogens is 1700 g/mol. The Morgan fingerprint density at radius 3 is 1.32 bits per heavy atom. The summed E-state index contributed by atoms with van der Waals surface area (Å²) in [7, 11) is 3.90. The van der Waals surface area contributed by atoms with Gasteiger partial charge in [-0.1, -0.05) is 186 Å². The molecule has 135 heavy (non-hydrogen) atoms. The van der Waals surface area contributed by atoms with Crippen LogP contribution < -0.4 is 57.3 Å². The Bertz CT molecular complexity index is 5180. The van der Waals surface area contributed by atoms with E-state index >= 15 is 0 Å². The first-order valence-electron chi connectivity index (χ1n) is 46.4. The van der Waals surface area contributed by atoms with Gasteiger partial charge in [-0.2, -0.15) is 0 Å². The van der Waals surface area contributed by atoms with Crippen LogP contribution in [-0.2, 0) is 95.4 Å². The van der Waals surface area contributed by atoms with E-state index in [9.17, 15) is 43.2 Å². The number of ketones is 5. The van der Waals surface area contributed by atoms with Crippen LogP contribution >= 0.6 is 0 Å². The third kappa shape index (κ3) is 36.6. The van der Waals surface area contributed by atoms with Gasteiger partial charge in [-0.3, -0.25) is 78.5 Å². The summed E-state index contributed by atoms with van der Waals surface area (Å²) in [5.74, 6) is 5.23. The van der Waals surface area contributed by atoms with Crippen LogP contribution in [0.3, 0.4) is 0 Å². The van der Waals surface area contributed by atoms with Crippen LogP contribution in [0.2, 0.25) is 0 Å². The number of hydrogen-bond donors (Lipinski definition) is 9. The number of benzene rings is 4. The highest BCUT2D eigenvalue weighted by Crippen LogP contribution is 2.34. The topological polar surface area (TPSA) is 342 Å². The van der Waals surface area contributed by atoms with Crippen molar-refractivity contribution < 1.29 is 61.5 Å². The lowest BCUT2D eigenvalue weighted by atomic mass is 9.89. The van der Waals surface area contributed by atoms with Crippen LogP contribution in [0.15, 0.2) is 283 Å². The van der Waals surface area contributed by atoms with E-state index in [0.29, 0.717) is 57.6 Å². The second-order valence-electron chi connectivity index (χ2n) is 35.0. The van der Waals surface area contributed by atoms with Crippen molar-refractivity contribution in [3.8, 4) is 11.5 Å². The van der Waals surface area contributed by atoms with Crippen LogP contribution in [0.5, 0.6) is 11.5 Å². The first kappa shape index (κ1) is 106. The van der Waals surface area contributed by atoms with Gasteiger partial charge >= 0.3 is 0 Å². The van der Waals surface area contributed by atoms with Crippen molar-refractivity contribution in [2.75, 3.05) is 34.0 Å². The number of carbonyl (C=O) groups excluding carboxylic acids is 9. The van der Waals surface area contributed by atoms with E-state index in [0.717, 1.165) is 220 Å². The van der Waals surface area contributed by atoms with Crippen LogP contribution in [0.4, 0.5) is 0 Å². The molecule has 4 saturated heterocycles. The molecule has 4 amide bonds. The lowest BCUT2D eigenvalue weighted by Crippen LogP contribution is -2.47. The summed E-state index contributed by atoms with van der Waals surface area (Å²) in [4.78, 5) is 120. The minimum absolute atomic E-state index is 0. The van der Waals surface area contributed by atoms with E-state index in [1.54, 1.807) is 18.7 Å². The van der Waals surface area contributed by atoms with Gasteiger partial charge in [0.05, 0.1) is 79.8 Å². The predicted molar refractivity (Wildman–Crippen MR) is 527 cm³/mol. The molecule has 8 unspecified atom stereocenters. The van der Waals surface area contributed by atoms with Gasteiger partial charge in [0, 0.05) is 112 Å². The number of nitrogens with one attached hydrogen (secondary N) is 9. The zero-order valence-electron chi connectivity index (χ0n) is 78.2. The Morgan fingerprint density at radius 2 is 0.844 bits per heavy atom. The fourth-order valence-corrected chi connectivity index (χ4v) is 16.5. The highest BCUT2D eigenvalue weighted by molar-refractivity contribution is 6.09. The number of aromatic nitrogens is 2. The molecule has 17 rings (SSSR count). The molecule has 4 aromatic carbocycles. The molecule has 27 nitrogen and oxygen atoms in total. The number of amides is 4. The van der Waals surface area contributed by atoms with Crippen LogP contribution in [0.25, 0.3) is 0 Å². The standard InChI is InChI=1S/C16H19NO3.C16H21NO.C14H17NO.C13H17N3O.C13H15NO2.C12H15N3O.C12H16N2O2.C11H14N2O2.CH4/c1-11-3-5-13(14(18)7-11)17(2)9-12-4-6-15-16(8-12)20-10-19-15;1-3-17(12-14-7-5-4-6-8-14)15-10-9-13(2)11-16(15)18;1-11-7-8-13(14(16)9-11)15-10-12-5-3-2-4-6-12;1-10-5-6-12(13(17)16-10)15-9-7-11-4-2-3-8-14-11;1-14(9-10-5-3-2-4-6-10)12-7-11(15)8-13(12)16;1-9-5-6-11(12(16)15-9)14-8-10-4-2-3-7-13-10;1-8-3-6-11(12(15)14-8)13-7-10-5-4-9(2)16-10;1-8-4-5-10(11(14)13-8)12-7-9-3-2-6-15-9;/h4,6,8,13H,1,3,5,7,9-10H2,2H3;4-8,15H,2-3,9-12H2,1H3;2-6,13,15H,1,7-10H2;2-4,8,12,15H,1,5-7,9H2,(H,16,17);2-6,12H,7-9H2,1H3;2-4,7,11,14H,1,5-6,8H2,(H,15,16);4-5,11,13H,1,3,6-7H2,2H3,(H,14,15);2-3,6,10,12H,1,4-5,7H2,(H,13,14);1H4. The summed E-state index contributed by atoms with van der Waals surface area (Å²) >= 11 is 0. The molecule has 27 heteroatoms. The zero-order valence-corrected chi connectivity index (χ0v) is 78.2. The predicted octanol–water partition coefficient (Wildman–Crippen LogP) is 14.8. The smallest absolute Gasteiger partial charge is 0.241 e. The molecule has 0 radical (unpaired) electrons. The normalized spacial score (nSPS) is 20.7. The van der Waals surface area contributed by atoms with Gasteiger partial charge in [0.25, 0.3) is 0 Å². The molecule has 8 aromatic rings. The Labute approximate surface area is 796 Å². The van der Waals surface area contributed by atoms with Crippen molar-refractivity contribution in [2.45, 2.75) is 244 Å². The number of furan rings is 2. The van der Waals surface area contributed by atoms with Gasteiger partial charge in [0.15, 0.2) is 34.6 Å². The number of pyridine rings is 2. The summed E-state index contributed by atoms with van der Waals surface area (Å²) in [5, 5.41) is 27.1. The van der Waals surface area contributed by atoms with E-state index in [2.05, 4.69) is 145 Å². The molecule has 8 fully saturated rings. The number of aryl methyl sites for hydroxylation is 1. The minimum Gasteiger partial charge on any atom is -0.468 e. The largest absolute Gasteiger partial charge is 0.468 e. The third-order valence-electron chi connectivity index (χ3n) is 24.2. The molecule has 9 N–H and O–H groups in total. The van der Waals surface area contributed by atoms with Crippen LogP contribution in [0.1, 0.15) is 187 Å². The fraction of sp³-hybridized carbons (Fsp3) is 0.398. The molecule has 0 bridgehead atoms. The number of rotatable bonds is 26. The maximum absolute atomic E-state index is 12.1. The van der Waals surface area contributed by atoms with Gasteiger partial charge in [-0.25, -0.2) is 0 Å². The first-order chi connectivity index (χ1) is 64.7. The Balaban J connectivity index is 0.000000173. The van der Waals surface area contributed by atoms with Gasteiger partial charge in [0.1, 0.15) is 23.1 Å². The molecule has 5 aliphatic heterocycles. The molecule has 718 valence electrons. The first-order valence-corrected chi connectivity index (χ1v) is 46.4. The summed E-state index contributed by atoms with van der Waals surface area (Å²) < 4.78 is 21.3. The van der Waals surface area contributed by atoms with Crippen molar-refractivity contribution >= 4 is 52.5 Å². The number of ether oxygens (including phenoxy) is 2. The summed E-state index contributed by atoms with van der Waals surface area (Å²) in [6, 6.07) is 55.0. The minimum atomic E-state index is -0.215. The van der Waals surface area contributed by atoms with E-state index in [4.69, 9.17) is 18.3 Å². The molecule has 4 aliphatic carbocycles. The van der Waals surface area contributed by atoms with E-state index in [1.165, 1.54) is 11.1 Å². The number of allylic oxidation sites excluding steroid dienone is 7. The highest BCUT2D eigenvalue weighted by Gasteiger charge is 2.35. The summed E-state index contributed by atoms with van der Waals surface area (Å²) in [5.41, 5.74) is 13.2. The molecule has 4 aromatic heterocycles. The summed E-state index contributed by atoms with van der Waals surface area (Å²) in [6.07, 6.45) is 20.3. The van der Waals surface area contributed by atoms with Crippen LogP contribution in [-0.4, -0.2) is 160 Å². The number of nitrogens with zero attached hydrogens (tertiary/aromatic N) is 5. The number of fused-ring (bicyclic) bond motifs is 1. The second kappa shape index (κ2) is 55.9. The van der Waals surface area contributed by atoms with Crippen molar-refractivity contribution in [3.05, 3.63) is 325 Å². The zero-order chi connectivity index (χ0) is 95.7. The van der Waals surface area contributed by atoms with Gasteiger partial charge < -0.3 is 55.5 Å². The number of hydrogen-bond acceptors (Lipinski definition) is 23. The maximum atomic E-state index is 12.1. The Hall–Kier alpha value is -12.6. The lowest BCUT2D eigenvalue weighted by molar-refractivity contribution is -0.125. The maximum Gasteiger partial charge on any atom is 0.241 e. The van der Waals surface area contributed by atoms with E-state index in [-0.39, 0.29) is 116 Å². The van der Waals surface area contributed by atoms with Gasteiger partial charge in [-0.15, -0.1) is 0 Å². The third-order valence-corrected chi connectivity index (χ3v) is 24.2. The average molecular weight is 1840 g/mol. The Kier molecular flexibility index (Phi) is 44.0. The second-order valence-corrected chi connectivity index (χ2v) is 35.0. The molecule has 9 heterocycles. The molecule has 4 saturated carbocycles. The number of likely N-dealkylation sites (N-methyl/N-ethyl adjacent to an activating group) is 3. The monoisotopic (exact) mass is 1840 g/mol. The average Bonchev–Trinajstić information content (AvgIpc) is 1.74.